The van der Waals surface area contributed by atoms with Crippen LogP contribution in [-0.2, 0) is 11.0 Å². The average molecular weight is 313 g/mol. The molecular weight excluding hydrogens is 286 g/mol. The van der Waals surface area contributed by atoms with E-state index in [1.807, 2.05) is 41.9 Å². The van der Waals surface area contributed by atoms with Crippen LogP contribution in [0.25, 0.3) is 0 Å². The lowest BCUT2D eigenvalue weighted by molar-refractivity contribution is 0.102. The third-order valence-electron chi connectivity index (χ3n) is 3.72. The van der Waals surface area contributed by atoms with Gasteiger partial charge in [-0.2, -0.15) is 5.10 Å². The highest BCUT2D eigenvalue weighted by molar-refractivity contribution is 6.03. The first-order valence-electron chi connectivity index (χ1n) is 7.97. The second-order valence-electron chi connectivity index (χ2n) is 8.04. The van der Waals surface area contributed by atoms with E-state index in [4.69, 9.17) is 0 Å². The largest absolute Gasteiger partial charge is 0.307 e. The zero-order chi connectivity index (χ0) is 17.4. The fraction of sp³-hybridized carbons (Fsp3) is 0.474. The highest BCUT2D eigenvalue weighted by Gasteiger charge is 2.20. The van der Waals surface area contributed by atoms with Crippen LogP contribution in [0.2, 0.25) is 0 Å². The Morgan fingerprint density at radius 2 is 1.61 bits per heavy atom. The average Bonchev–Trinajstić information content (AvgIpc) is 2.79. The van der Waals surface area contributed by atoms with Gasteiger partial charge >= 0.3 is 0 Å². The molecule has 1 amide bonds. The zero-order valence-electron chi connectivity index (χ0n) is 15.2. The first kappa shape index (κ1) is 17.3. The number of amides is 1. The van der Waals surface area contributed by atoms with Crippen molar-refractivity contribution in [2.75, 3.05) is 5.32 Å². The number of hydrogen-bond acceptors (Lipinski definition) is 2. The van der Waals surface area contributed by atoms with E-state index in [0.29, 0.717) is 5.56 Å². The van der Waals surface area contributed by atoms with E-state index < -0.39 is 0 Å². The van der Waals surface area contributed by atoms with Gasteiger partial charge in [0.05, 0.1) is 11.2 Å². The number of aromatic nitrogens is 2. The minimum Gasteiger partial charge on any atom is -0.307 e. The summed E-state index contributed by atoms with van der Waals surface area (Å²) in [5, 5.41) is 7.45. The number of aryl methyl sites for hydroxylation is 1. The van der Waals surface area contributed by atoms with Gasteiger partial charge in [-0.3, -0.25) is 4.79 Å². The Kier molecular flexibility index (Phi) is 4.38. The van der Waals surface area contributed by atoms with Crippen molar-refractivity contribution >= 4 is 11.7 Å². The number of anilines is 1. The smallest absolute Gasteiger partial charge is 0.256 e. The number of hydrogen-bond donors (Lipinski definition) is 1. The molecule has 0 aliphatic rings. The third kappa shape index (κ3) is 4.01. The van der Waals surface area contributed by atoms with Crippen LogP contribution in [0.1, 0.15) is 63.2 Å². The predicted octanol–water partition coefficient (Wildman–Crippen LogP) is 4.50. The molecule has 1 aromatic carbocycles. The molecule has 2 aromatic rings. The van der Waals surface area contributed by atoms with E-state index in [0.717, 1.165) is 11.5 Å². The van der Waals surface area contributed by atoms with Gasteiger partial charge in [-0.05, 0) is 50.8 Å². The summed E-state index contributed by atoms with van der Waals surface area (Å²) >= 11 is 0. The van der Waals surface area contributed by atoms with Crippen molar-refractivity contribution in [3.05, 3.63) is 47.2 Å². The van der Waals surface area contributed by atoms with Gasteiger partial charge in [-0.25, -0.2) is 4.68 Å². The highest BCUT2D eigenvalue weighted by atomic mass is 16.1. The molecule has 4 nitrogen and oxygen atoms in total. The second kappa shape index (κ2) is 5.84. The topological polar surface area (TPSA) is 46.9 Å². The van der Waals surface area contributed by atoms with Crippen LogP contribution in [-0.4, -0.2) is 15.7 Å². The van der Waals surface area contributed by atoms with E-state index >= 15 is 0 Å². The minimum absolute atomic E-state index is 0.0803. The Hall–Kier alpha value is -2.10. The zero-order valence-corrected chi connectivity index (χ0v) is 15.2. The van der Waals surface area contributed by atoms with Crippen LogP contribution >= 0.6 is 0 Å². The van der Waals surface area contributed by atoms with Gasteiger partial charge < -0.3 is 5.32 Å². The fourth-order valence-corrected chi connectivity index (χ4v) is 2.41. The van der Waals surface area contributed by atoms with E-state index in [1.54, 1.807) is 0 Å². The molecule has 0 fully saturated rings. The summed E-state index contributed by atoms with van der Waals surface area (Å²) in [6.07, 6.45) is 0. The standard InChI is InChI=1S/C19H27N3O/c1-13-12-16(22(21-13)19(5,6)7)20-17(23)14-8-10-15(11-9-14)18(2,3)4/h8-12H,1-7H3,(H,20,23). The summed E-state index contributed by atoms with van der Waals surface area (Å²) in [5.41, 5.74) is 2.64. The maximum atomic E-state index is 12.5. The van der Waals surface area contributed by atoms with Crippen LogP contribution in [0.5, 0.6) is 0 Å². The first-order valence-corrected chi connectivity index (χ1v) is 7.97. The fourth-order valence-electron chi connectivity index (χ4n) is 2.41. The molecule has 0 atom stereocenters. The van der Waals surface area contributed by atoms with Crippen molar-refractivity contribution in [2.45, 2.75) is 59.4 Å². The van der Waals surface area contributed by atoms with Crippen molar-refractivity contribution in [3.63, 3.8) is 0 Å². The van der Waals surface area contributed by atoms with Crippen molar-refractivity contribution in [1.29, 1.82) is 0 Å². The Bertz CT molecular complexity index is 698. The van der Waals surface area contributed by atoms with Gasteiger partial charge in [-0.15, -0.1) is 0 Å². The lowest BCUT2D eigenvalue weighted by atomic mass is 9.87. The van der Waals surface area contributed by atoms with E-state index in [-0.39, 0.29) is 16.9 Å². The normalized spacial score (nSPS) is 12.3. The monoisotopic (exact) mass is 313 g/mol. The number of carbonyl (C=O) groups excluding carboxylic acids is 1. The molecule has 0 saturated carbocycles. The number of carbonyl (C=O) groups is 1. The summed E-state index contributed by atoms with van der Waals surface area (Å²) in [6, 6.07) is 9.68. The Balaban J connectivity index is 2.23. The molecule has 124 valence electrons. The van der Waals surface area contributed by atoms with Crippen molar-refractivity contribution in [2.24, 2.45) is 0 Å². The molecule has 1 aromatic heterocycles. The van der Waals surface area contributed by atoms with Gasteiger partial charge in [0.1, 0.15) is 5.82 Å². The summed E-state index contributed by atoms with van der Waals surface area (Å²) in [7, 11) is 0. The molecule has 0 radical (unpaired) electrons. The Morgan fingerprint density at radius 1 is 1.04 bits per heavy atom. The maximum absolute atomic E-state index is 12.5. The first-order chi connectivity index (χ1) is 10.5. The lowest BCUT2D eigenvalue weighted by Gasteiger charge is -2.22. The lowest BCUT2D eigenvalue weighted by Crippen LogP contribution is -2.26. The quantitative estimate of drug-likeness (QED) is 0.887. The van der Waals surface area contributed by atoms with Crippen molar-refractivity contribution in [3.8, 4) is 0 Å². The van der Waals surface area contributed by atoms with Crippen LogP contribution < -0.4 is 5.32 Å². The highest BCUT2D eigenvalue weighted by Crippen LogP contribution is 2.24. The van der Waals surface area contributed by atoms with Crippen molar-refractivity contribution in [1.82, 2.24) is 9.78 Å². The van der Waals surface area contributed by atoms with Gasteiger partial charge in [0, 0.05) is 11.6 Å². The van der Waals surface area contributed by atoms with Gasteiger partial charge in [-0.1, -0.05) is 32.9 Å². The molecule has 23 heavy (non-hydrogen) atoms. The van der Waals surface area contributed by atoms with Crippen LogP contribution in [0, 0.1) is 6.92 Å². The minimum atomic E-state index is -0.188. The molecule has 1 N–H and O–H groups in total. The van der Waals surface area contributed by atoms with E-state index in [1.165, 1.54) is 5.56 Å². The Morgan fingerprint density at radius 3 is 2.09 bits per heavy atom. The second-order valence-corrected chi connectivity index (χ2v) is 8.04. The predicted molar refractivity (Wildman–Crippen MR) is 95.1 cm³/mol. The molecule has 0 saturated heterocycles. The molecule has 0 unspecified atom stereocenters. The Labute approximate surface area is 138 Å². The van der Waals surface area contributed by atoms with E-state index in [9.17, 15) is 4.79 Å². The molecular formula is C19H27N3O. The van der Waals surface area contributed by atoms with E-state index in [2.05, 4.69) is 52.0 Å². The van der Waals surface area contributed by atoms with Crippen LogP contribution in [0.4, 0.5) is 5.82 Å². The van der Waals surface area contributed by atoms with Gasteiger partial charge in [0.15, 0.2) is 0 Å². The van der Waals surface area contributed by atoms with Gasteiger partial charge in [0.2, 0.25) is 0 Å². The number of rotatable bonds is 2. The summed E-state index contributed by atoms with van der Waals surface area (Å²) in [5.74, 6) is 0.607. The molecule has 1 heterocycles. The molecule has 2 rings (SSSR count). The number of nitrogens with one attached hydrogen (secondary N) is 1. The molecule has 0 bridgehead atoms. The molecule has 0 spiro atoms. The third-order valence-corrected chi connectivity index (χ3v) is 3.72. The maximum Gasteiger partial charge on any atom is 0.256 e. The summed E-state index contributed by atoms with van der Waals surface area (Å²) in [4.78, 5) is 12.5. The van der Waals surface area contributed by atoms with Crippen molar-refractivity contribution < 1.29 is 4.79 Å². The molecule has 0 aliphatic carbocycles. The number of benzene rings is 1. The molecule has 0 aliphatic heterocycles. The van der Waals surface area contributed by atoms with Crippen LogP contribution in [0.15, 0.2) is 30.3 Å². The SMILES string of the molecule is Cc1cc(NC(=O)c2ccc(C(C)(C)C)cc2)n(C(C)(C)C)n1. The van der Waals surface area contributed by atoms with Crippen LogP contribution in [0.3, 0.4) is 0 Å². The number of nitrogens with zero attached hydrogens (tertiary/aromatic N) is 2. The summed E-state index contributed by atoms with van der Waals surface area (Å²) in [6.45, 7) is 14.6. The molecule has 4 heteroatoms. The van der Waals surface area contributed by atoms with Gasteiger partial charge in [0.25, 0.3) is 5.91 Å². The summed E-state index contributed by atoms with van der Waals surface area (Å²) < 4.78 is 1.85.